The van der Waals surface area contributed by atoms with Gasteiger partial charge in [0.25, 0.3) is 0 Å². The number of anilines is 1. The number of thioether (sulfide) groups is 1. The summed E-state index contributed by atoms with van der Waals surface area (Å²) in [6.45, 7) is 0. The molecule has 10 heavy (non-hydrogen) atoms. The highest BCUT2D eigenvalue weighted by Crippen LogP contribution is 2.21. The highest BCUT2D eigenvalue weighted by molar-refractivity contribution is 7.98. The zero-order valence-corrected chi connectivity index (χ0v) is 7.04. The molecule has 4 heteroatoms. The molecule has 1 aromatic heterocycles. The molecule has 0 amide bonds. The molecule has 1 aromatic rings. The molecule has 2 N–H and O–H groups in total. The first-order chi connectivity index (χ1) is 4.74. The number of nitrogen functional groups attached to an aromatic ring is 1. The lowest BCUT2D eigenvalue weighted by Crippen LogP contribution is -1.91. The van der Waals surface area contributed by atoms with Gasteiger partial charge in [0.1, 0.15) is 11.0 Å². The van der Waals surface area contributed by atoms with E-state index in [2.05, 4.69) is 4.98 Å². The van der Waals surface area contributed by atoms with Crippen LogP contribution in [0.4, 0.5) is 5.82 Å². The molecule has 0 spiro atoms. The van der Waals surface area contributed by atoms with Gasteiger partial charge in [-0.25, -0.2) is 4.98 Å². The van der Waals surface area contributed by atoms with Crippen molar-refractivity contribution in [2.75, 3.05) is 12.0 Å². The Balaban J connectivity index is 3.07. The molecule has 0 unspecified atom stereocenters. The van der Waals surface area contributed by atoms with Gasteiger partial charge in [0.15, 0.2) is 0 Å². The summed E-state index contributed by atoms with van der Waals surface area (Å²) in [6.07, 6.45) is 1.95. The van der Waals surface area contributed by atoms with Gasteiger partial charge in [-0.1, -0.05) is 11.6 Å². The molecule has 0 atom stereocenters. The van der Waals surface area contributed by atoms with Gasteiger partial charge in [-0.05, 0) is 18.4 Å². The normalized spacial score (nSPS) is 9.80. The smallest absolute Gasteiger partial charge is 0.138 e. The lowest BCUT2D eigenvalue weighted by atomic mass is 10.5. The van der Waals surface area contributed by atoms with Crippen molar-refractivity contribution >= 4 is 29.2 Å². The van der Waals surface area contributed by atoms with Crippen molar-refractivity contribution in [3.63, 3.8) is 0 Å². The second kappa shape index (κ2) is 3.12. The Kier molecular flexibility index (Phi) is 2.40. The average molecular weight is 175 g/mol. The third-order valence-electron chi connectivity index (χ3n) is 1.07. The van der Waals surface area contributed by atoms with E-state index in [9.17, 15) is 0 Å². The first kappa shape index (κ1) is 7.69. The lowest BCUT2D eigenvalue weighted by molar-refractivity contribution is 1.25. The van der Waals surface area contributed by atoms with Crippen molar-refractivity contribution in [3.05, 3.63) is 17.3 Å². The highest BCUT2D eigenvalue weighted by Gasteiger charge is 1.97. The topological polar surface area (TPSA) is 38.9 Å². The van der Waals surface area contributed by atoms with Crippen molar-refractivity contribution in [3.8, 4) is 0 Å². The van der Waals surface area contributed by atoms with Gasteiger partial charge in [0.05, 0.1) is 0 Å². The largest absolute Gasteiger partial charge is 0.383 e. The van der Waals surface area contributed by atoms with E-state index in [1.54, 1.807) is 17.8 Å². The van der Waals surface area contributed by atoms with Gasteiger partial charge in [-0.3, -0.25) is 0 Å². The van der Waals surface area contributed by atoms with E-state index < -0.39 is 0 Å². The summed E-state index contributed by atoms with van der Waals surface area (Å²) >= 11 is 7.13. The van der Waals surface area contributed by atoms with Crippen molar-refractivity contribution in [1.82, 2.24) is 4.98 Å². The molecule has 54 valence electrons. The summed E-state index contributed by atoms with van der Waals surface area (Å²) in [7, 11) is 0. The predicted octanol–water partition coefficient (Wildman–Crippen LogP) is 2.04. The van der Waals surface area contributed by atoms with Gasteiger partial charge >= 0.3 is 0 Å². The standard InChI is InChI=1S/C6H7ClN2S/c1-10-4-2-3-5(7)9-6(4)8/h2-3H,1H3,(H2,8,9). The van der Waals surface area contributed by atoms with Crippen LogP contribution in [-0.4, -0.2) is 11.2 Å². The summed E-state index contributed by atoms with van der Waals surface area (Å²) in [4.78, 5) is 4.83. The number of halogens is 1. The number of aromatic nitrogens is 1. The maximum atomic E-state index is 5.57. The van der Waals surface area contributed by atoms with E-state index >= 15 is 0 Å². The summed E-state index contributed by atoms with van der Waals surface area (Å²) in [5.41, 5.74) is 5.52. The first-order valence-electron chi connectivity index (χ1n) is 2.70. The number of nitrogens with zero attached hydrogens (tertiary/aromatic N) is 1. The first-order valence-corrected chi connectivity index (χ1v) is 4.30. The number of hydrogen-bond acceptors (Lipinski definition) is 3. The van der Waals surface area contributed by atoms with Gasteiger partial charge in [-0.2, -0.15) is 0 Å². The SMILES string of the molecule is CSc1ccc(Cl)nc1N. The molecule has 0 aliphatic carbocycles. The van der Waals surface area contributed by atoms with E-state index in [1.165, 1.54) is 0 Å². The van der Waals surface area contributed by atoms with E-state index in [0.29, 0.717) is 11.0 Å². The molecule has 0 saturated heterocycles. The Labute approximate surface area is 68.8 Å². The Morgan fingerprint density at radius 2 is 2.30 bits per heavy atom. The number of hydrogen-bond donors (Lipinski definition) is 1. The van der Waals surface area contributed by atoms with Crippen LogP contribution in [0, 0.1) is 0 Å². The number of nitrogens with two attached hydrogens (primary N) is 1. The van der Waals surface area contributed by atoms with E-state index in [1.807, 2.05) is 12.3 Å². The van der Waals surface area contributed by atoms with Crippen LogP contribution >= 0.6 is 23.4 Å². The fraction of sp³-hybridized carbons (Fsp3) is 0.167. The molecular weight excluding hydrogens is 168 g/mol. The molecule has 0 saturated carbocycles. The van der Waals surface area contributed by atoms with Crippen LogP contribution in [0.15, 0.2) is 17.0 Å². The van der Waals surface area contributed by atoms with Crippen molar-refractivity contribution in [1.29, 1.82) is 0 Å². The van der Waals surface area contributed by atoms with Gasteiger partial charge < -0.3 is 5.73 Å². The second-order valence-electron chi connectivity index (χ2n) is 1.72. The molecule has 0 radical (unpaired) electrons. The van der Waals surface area contributed by atoms with E-state index in [-0.39, 0.29) is 0 Å². The molecule has 0 bridgehead atoms. The van der Waals surface area contributed by atoms with E-state index in [0.717, 1.165) is 4.90 Å². The molecule has 1 heterocycles. The van der Waals surface area contributed by atoms with Crippen molar-refractivity contribution in [2.24, 2.45) is 0 Å². The minimum Gasteiger partial charge on any atom is -0.383 e. The van der Waals surface area contributed by atoms with Crippen LogP contribution in [0.5, 0.6) is 0 Å². The third kappa shape index (κ3) is 1.55. The Morgan fingerprint density at radius 3 is 2.80 bits per heavy atom. The molecule has 2 nitrogen and oxygen atoms in total. The maximum absolute atomic E-state index is 5.57. The summed E-state index contributed by atoms with van der Waals surface area (Å²) in [5.74, 6) is 0.500. The predicted molar refractivity (Wildman–Crippen MR) is 45.4 cm³/mol. The fourth-order valence-corrected chi connectivity index (χ4v) is 1.22. The monoisotopic (exact) mass is 174 g/mol. The highest BCUT2D eigenvalue weighted by atomic mass is 35.5. The zero-order valence-electron chi connectivity index (χ0n) is 5.47. The third-order valence-corrected chi connectivity index (χ3v) is 2.07. The molecule has 0 fully saturated rings. The lowest BCUT2D eigenvalue weighted by Gasteiger charge is -1.99. The van der Waals surface area contributed by atoms with Crippen molar-refractivity contribution in [2.45, 2.75) is 4.90 Å². The zero-order chi connectivity index (χ0) is 7.56. The van der Waals surface area contributed by atoms with Crippen LogP contribution in [0.3, 0.4) is 0 Å². The minimum absolute atomic E-state index is 0.440. The number of rotatable bonds is 1. The second-order valence-corrected chi connectivity index (χ2v) is 2.96. The summed E-state index contributed by atoms with van der Waals surface area (Å²) in [6, 6.07) is 3.58. The minimum atomic E-state index is 0.440. The van der Waals surface area contributed by atoms with Gasteiger partial charge in [0.2, 0.25) is 0 Å². The molecular formula is C6H7ClN2S. The van der Waals surface area contributed by atoms with Gasteiger partial charge in [0, 0.05) is 4.90 Å². The van der Waals surface area contributed by atoms with Crippen molar-refractivity contribution < 1.29 is 0 Å². The Bertz CT molecular complexity index is 239. The summed E-state index contributed by atoms with van der Waals surface area (Å²) in [5, 5.41) is 0.440. The Morgan fingerprint density at radius 1 is 1.60 bits per heavy atom. The van der Waals surface area contributed by atoms with Crippen LogP contribution in [0.2, 0.25) is 5.15 Å². The molecule has 0 aliphatic rings. The number of pyridine rings is 1. The maximum Gasteiger partial charge on any atom is 0.138 e. The van der Waals surface area contributed by atoms with Crippen LogP contribution in [-0.2, 0) is 0 Å². The quantitative estimate of drug-likeness (QED) is 0.523. The van der Waals surface area contributed by atoms with Crippen LogP contribution in [0.1, 0.15) is 0 Å². The average Bonchev–Trinajstić information content (AvgIpc) is 1.88. The van der Waals surface area contributed by atoms with E-state index in [4.69, 9.17) is 17.3 Å². The summed E-state index contributed by atoms with van der Waals surface area (Å²) < 4.78 is 0. The molecule has 1 rings (SSSR count). The van der Waals surface area contributed by atoms with Crippen LogP contribution in [0.25, 0.3) is 0 Å². The van der Waals surface area contributed by atoms with Crippen LogP contribution < -0.4 is 5.73 Å². The fourth-order valence-electron chi connectivity index (χ4n) is 0.610. The molecule has 0 aromatic carbocycles. The Hall–Kier alpha value is -0.410. The van der Waals surface area contributed by atoms with Gasteiger partial charge in [-0.15, -0.1) is 11.8 Å². The molecule has 0 aliphatic heterocycles.